The lowest BCUT2D eigenvalue weighted by atomic mass is 10.0. The van der Waals surface area contributed by atoms with Crippen LogP contribution >= 0.6 is 0 Å². The molecule has 0 unspecified atom stereocenters. The van der Waals surface area contributed by atoms with Gasteiger partial charge < -0.3 is 49.4 Å². The fraction of sp³-hybridized carbons (Fsp3) is 0.583. The van der Waals surface area contributed by atoms with Gasteiger partial charge in [-0.15, -0.1) is 0 Å². The van der Waals surface area contributed by atoms with Gasteiger partial charge >= 0.3 is 6.03 Å². The molecule has 0 fully saturated rings. The molecule has 13 nitrogen and oxygen atoms in total. The van der Waals surface area contributed by atoms with Gasteiger partial charge in [-0.05, 0) is 90.5 Å². The normalized spacial score (nSPS) is 20.5. The molecule has 0 bridgehead atoms. The van der Waals surface area contributed by atoms with E-state index in [1.165, 1.54) is 0 Å². The Morgan fingerprint density at radius 1 is 1.00 bits per heavy atom. The van der Waals surface area contributed by atoms with Crippen LogP contribution in [0.15, 0.2) is 36.4 Å². The molecular formula is C36H53N5O8. The molecule has 4 rings (SSSR count). The number of benzene rings is 2. The maximum atomic E-state index is 14.3. The first kappa shape index (κ1) is 37.7. The topological polar surface area (TPSA) is 142 Å². The zero-order chi connectivity index (χ0) is 35.5. The van der Waals surface area contributed by atoms with Crippen LogP contribution in [0.1, 0.15) is 63.2 Å². The van der Waals surface area contributed by atoms with Crippen LogP contribution < -0.4 is 24.8 Å². The molecular weight excluding hydrogens is 630 g/mol. The molecule has 0 spiro atoms. The molecule has 2 aliphatic heterocycles. The number of aliphatic hydroxyl groups excluding tert-OH is 1. The van der Waals surface area contributed by atoms with Crippen LogP contribution in [0, 0.1) is 5.92 Å². The Labute approximate surface area is 289 Å². The summed E-state index contributed by atoms with van der Waals surface area (Å²) in [6.45, 7) is 7.42. The Balaban J connectivity index is 1.53. The largest absolute Gasteiger partial charge is 0.490 e. The zero-order valence-electron chi connectivity index (χ0n) is 29.7. The second-order valence-electron chi connectivity index (χ2n) is 13.3. The lowest BCUT2D eigenvalue weighted by Gasteiger charge is -2.35. The molecule has 13 heteroatoms. The highest BCUT2D eigenvalue weighted by Crippen LogP contribution is 2.34. The number of aliphatic hydroxyl groups is 1. The number of carbonyl (C=O) groups is 3. The third-order valence-corrected chi connectivity index (χ3v) is 8.77. The molecule has 49 heavy (non-hydrogen) atoms. The van der Waals surface area contributed by atoms with Crippen LogP contribution in [0.5, 0.6) is 17.2 Å². The summed E-state index contributed by atoms with van der Waals surface area (Å²) >= 11 is 0. The average Bonchev–Trinajstić information content (AvgIpc) is 3.53. The molecule has 3 N–H and O–H groups in total. The van der Waals surface area contributed by atoms with Crippen LogP contribution in [-0.2, 0) is 9.53 Å². The van der Waals surface area contributed by atoms with Crippen LogP contribution in [0.3, 0.4) is 0 Å². The van der Waals surface area contributed by atoms with Gasteiger partial charge in [0.1, 0.15) is 5.75 Å². The van der Waals surface area contributed by atoms with Crippen LogP contribution in [-0.4, -0.2) is 117 Å². The standard InChI is InChI=1S/C36H53N5O8/c1-24-20-41(25(2)22-42)35(44)29-18-27(37-34(43)11-9-16-39(4)5)12-14-30(29)49-26(3)10-7-8-17-46-33(24)21-40(6)36(45)38-28-13-15-31-32(19-28)48-23-47-31/h12-15,18-19,24-26,33,42H,7-11,16-17,20-23H2,1-6H3,(H,37,43)(H,38,45)/t24-,25+,26-,33+/m0/s1. The number of likely N-dealkylation sites (N-methyl/N-ethyl adjacent to an activating group) is 1. The number of nitrogens with zero attached hydrogens (tertiary/aromatic N) is 3. The van der Waals surface area contributed by atoms with Crippen molar-refractivity contribution < 1.29 is 38.4 Å². The van der Waals surface area contributed by atoms with Crippen molar-refractivity contribution in [1.82, 2.24) is 14.7 Å². The fourth-order valence-electron chi connectivity index (χ4n) is 5.79. The zero-order valence-corrected chi connectivity index (χ0v) is 29.7. The second-order valence-corrected chi connectivity index (χ2v) is 13.3. The van der Waals surface area contributed by atoms with E-state index in [-0.39, 0.29) is 56.4 Å². The van der Waals surface area contributed by atoms with Crippen molar-refractivity contribution in [3.63, 3.8) is 0 Å². The van der Waals surface area contributed by atoms with Gasteiger partial charge in [-0.3, -0.25) is 9.59 Å². The SMILES string of the molecule is C[C@H](CO)N1C[C@H](C)[C@@H](CN(C)C(=O)Nc2ccc3c(c2)OCO3)OCCCC[C@H](C)Oc2ccc(NC(=O)CCCN(C)C)cc2C1=O. The first-order valence-corrected chi connectivity index (χ1v) is 17.2. The number of urea groups is 1. The number of rotatable bonds is 10. The van der Waals surface area contributed by atoms with Crippen molar-refractivity contribution in [2.24, 2.45) is 5.92 Å². The number of anilines is 2. The summed E-state index contributed by atoms with van der Waals surface area (Å²) < 4.78 is 23.5. The van der Waals surface area contributed by atoms with Gasteiger partial charge in [0.25, 0.3) is 5.91 Å². The first-order chi connectivity index (χ1) is 23.4. The number of ether oxygens (including phenoxy) is 4. The number of hydrogen-bond donors (Lipinski definition) is 3. The molecule has 2 heterocycles. The van der Waals surface area contributed by atoms with E-state index in [0.717, 1.165) is 25.8 Å². The van der Waals surface area contributed by atoms with Gasteiger partial charge in [0.05, 0.1) is 30.4 Å². The average molecular weight is 684 g/mol. The van der Waals surface area contributed by atoms with E-state index in [1.54, 1.807) is 60.2 Å². The molecule has 4 amide bonds. The highest BCUT2D eigenvalue weighted by atomic mass is 16.7. The van der Waals surface area contributed by atoms with Gasteiger partial charge in [0, 0.05) is 56.5 Å². The highest BCUT2D eigenvalue weighted by Gasteiger charge is 2.31. The van der Waals surface area contributed by atoms with Crippen molar-refractivity contribution >= 4 is 29.2 Å². The predicted octanol–water partition coefficient (Wildman–Crippen LogP) is 4.66. The maximum Gasteiger partial charge on any atom is 0.321 e. The summed E-state index contributed by atoms with van der Waals surface area (Å²) in [5, 5.41) is 16.1. The van der Waals surface area contributed by atoms with Gasteiger partial charge in [-0.25, -0.2) is 4.79 Å². The fourth-order valence-corrected chi connectivity index (χ4v) is 5.79. The molecule has 0 saturated carbocycles. The Morgan fingerprint density at radius 3 is 2.45 bits per heavy atom. The molecule has 0 saturated heterocycles. The van der Waals surface area contributed by atoms with Crippen molar-refractivity contribution in [3.05, 3.63) is 42.0 Å². The Morgan fingerprint density at radius 2 is 1.71 bits per heavy atom. The van der Waals surface area contributed by atoms with E-state index < -0.39 is 12.1 Å². The molecule has 2 aliphatic rings. The smallest absolute Gasteiger partial charge is 0.321 e. The van der Waals surface area contributed by atoms with E-state index in [9.17, 15) is 19.5 Å². The number of nitrogens with one attached hydrogen (secondary N) is 2. The molecule has 270 valence electrons. The van der Waals surface area contributed by atoms with E-state index in [2.05, 4.69) is 10.6 Å². The van der Waals surface area contributed by atoms with E-state index in [4.69, 9.17) is 18.9 Å². The van der Waals surface area contributed by atoms with Crippen molar-refractivity contribution in [2.75, 3.05) is 71.4 Å². The monoisotopic (exact) mass is 683 g/mol. The molecule has 4 atom stereocenters. The second kappa shape index (κ2) is 18.1. The minimum atomic E-state index is -0.523. The van der Waals surface area contributed by atoms with Crippen LogP contribution in [0.2, 0.25) is 0 Å². The summed E-state index contributed by atoms with van der Waals surface area (Å²) in [5.74, 6) is 0.946. The van der Waals surface area contributed by atoms with E-state index in [0.29, 0.717) is 53.6 Å². The van der Waals surface area contributed by atoms with E-state index in [1.807, 2.05) is 32.8 Å². The Bertz CT molecular complexity index is 1420. The van der Waals surface area contributed by atoms with Crippen molar-refractivity contribution in [1.29, 1.82) is 0 Å². The first-order valence-electron chi connectivity index (χ1n) is 17.2. The number of fused-ring (bicyclic) bond motifs is 2. The minimum Gasteiger partial charge on any atom is -0.490 e. The molecule has 2 aromatic carbocycles. The summed E-state index contributed by atoms with van der Waals surface area (Å²) in [6.07, 6.45) is 2.87. The molecule has 0 radical (unpaired) electrons. The summed E-state index contributed by atoms with van der Waals surface area (Å²) in [5.41, 5.74) is 1.38. The third-order valence-electron chi connectivity index (χ3n) is 8.77. The Kier molecular flexibility index (Phi) is 13.9. The van der Waals surface area contributed by atoms with Gasteiger partial charge in [0.2, 0.25) is 12.7 Å². The minimum absolute atomic E-state index is 0.134. The lowest BCUT2D eigenvalue weighted by molar-refractivity contribution is -0.116. The molecule has 2 aromatic rings. The van der Waals surface area contributed by atoms with Gasteiger partial charge in [0.15, 0.2) is 11.5 Å². The van der Waals surface area contributed by atoms with Crippen LogP contribution in [0.4, 0.5) is 16.2 Å². The molecule has 0 aromatic heterocycles. The summed E-state index contributed by atoms with van der Waals surface area (Å²) in [7, 11) is 5.63. The number of carbonyl (C=O) groups excluding carboxylic acids is 3. The van der Waals surface area contributed by atoms with Gasteiger partial charge in [-0.1, -0.05) is 6.92 Å². The quantitative estimate of drug-likeness (QED) is 0.326. The third kappa shape index (κ3) is 11.0. The highest BCUT2D eigenvalue weighted by molar-refractivity contribution is 5.99. The molecule has 0 aliphatic carbocycles. The van der Waals surface area contributed by atoms with Crippen molar-refractivity contribution in [2.45, 2.75) is 71.1 Å². The number of hydrogen-bond acceptors (Lipinski definition) is 9. The maximum absolute atomic E-state index is 14.3. The summed E-state index contributed by atoms with van der Waals surface area (Å²) in [4.78, 5) is 45.5. The summed E-state index contributed by atoms with van der Waals surface area (Å²) in [6, 6.07) is 9.53. The van der Waals surface area contributed by atoms with Crippen LogP contribution in [0.25, 0.3) is 0 Å². The lowest BCUT2D eigenvalue weighted by Crippen LogP contribution is -2.48. The number of amides is 4. The van der Waals surface area contributed by atoms with Gasteiger partial charge in [-0.2, -0.15) is 0 Å². The van der Waals surface area contributed by atoms with E-state index >= 15 is 0 Å². The predicted molar refractivity (Wildman–Crippen MR) is 188 cm³/mol. The Hall–Kier alpha value is -4.07. The van der Waals surface area contributed by atoms with Crippen molar-refractivity contribution in [3.8, 4) is 17.2 Å².